The van der Waals surface area contributed by atoms with Crippen molar-refractivity contribution in [3.05, 3.63) is 12.7 Å². The molecule has 0 unspecified atom stereocenters. The van der Waals surface area contributed by atoms with Gasteiger partial charge in [-0.15, -0.1) is 6.58 Å². The fourth-order valence-electron chi connectivity index (χ4n) is 0.237. The Balaban J connectivity index is 2.82. The Morgan fingerprint density at radius 1 is 1.62 bits per heavy atom. The second kappa shape index (κ2) is 6.17. The molecule has 0 amide bonds. The number of oxime groups is 1. The lowest BCUT2D eigenvalue weighted by Gasteiger charge is -1.89. The summed E-state index contributed by atoms with van der Waals surface area (Å²) in [5.41, 5.74) is 0. The summed E-state index contributed by atoms with van der Waals surface area (Å²) in [5, 5.41) is 10.6. The third-order valence-corrected chi connectivity index (χ3v) is 0.510. The maximum absolute atomic E-state index is 7.83. The lowest BCUT2D eigenvalue weighted by molar-refractivity contribution is 0.203. The molecule has 0 radical (unpaired) electrons. The van der Waals surface area contributed by atoms with E-state index >= 15 is 0 Å². The molecule has 46 valence electrons. The second-order valence-corrected chi connectivity index (χ2v) is 1.12. The first-order chi connectivity index (χ1) is 3.91. The Kier molecular flexibility index (Phi) is 5.53. The molecular formula is C5H9NO2. The summed E-state index contributed by atoms with van der Waals surface area (Å²) < 4.78 is 4.80. The highest BCUT2D eigenvalue weighted by molar-refractivity contribution is 5.57. The van der Waals surface area contributed by atoms with Crippen LogP contribution in [0.15, 0.2) is 17.8 Å². The Morgan fingerprint density at radius 2 is 2.38 bits per heavy atom. The highest BCUT2D eigenvalue weighted by Crippen LogP contribution is 1.69. The van der Waals surface area contributed by atoms with Crippen molar-refractivity contribution in [3.63, 3.8) is 0 Å². The van der Waals surface area contributed by atoms with Crippen molar-refractivity contribution in [2.75, 3.05) is 13.2 Å². The Hall–Kier alpha value is -0.830. The molecule has 0 bridgehead atoms. The van der Waals surface area contributed by atoms with Crippen molar-refractivity contribution >= 4 is 6.21 Å². The first-order valence-electron chi connectivity index (χ1n) is 2.26. The fraction of sp³-hybridized carbons (Fsp3) is 0.400. The van der Waals surface area contributed by atoms with Gasteiger partial charge < -0.3 is 9.94 Å². The summed E-state index contributed by atoms with van der Waals surface area (Å²) in [5.74, 6) is 0. The predicted octanol–water partition coefficient (Wildman–Crippen LogP) is 0.649. The van der Waals surface area contributed by atoms with E-state index in [4.69, 9.17) is 9.94 Å². The van der Waals surface area contributed by atoms with Gasteiger partial charge in [0.1, 0.15) is 0 Å². The molecule has 0 aromatic heterocycles. The van der Waals surface area contributed by atoms with Gasteiger partial charge in [0.15, 0.2) is 0 Å². The maximum atomic E-state index is 7.83. The lowest BCUT2D eigenvalue weighted by Crippen LogP contribution is -1.93. The molecule has 3 heteroatoms. The SMILES string of the molecule is C=CCOC/C=N/O. The van der Waals surface area contributed by atoms with Crippen LogP contribution in [0.4, 0.5) is 0 Å². The molecule has 0 rings (SSSR count). The van der Waals surface area contributed by atoms with Crippen LogP contribution in [0.25, 0.3) is 0 Å². The van der Waals surface area contributed by atoms with E-state index in [2.05, 4.69) is 11.7 Å². The first kappa shape index (κ1) is 7.17. The molecule has 0 aromatic rings. The molecule has 0 aliphatic rings. The van der Waals surface area contributed by atoms with E-state index in [9.17, 15) is 0 Å². The van der Waals surface area contributed by atoms with Crippen LogP contribution >= 0.6 is 0 Å². The predicted molar refractivity (Wildman–Crippen MR) is 31.3 cm³/mol. The lowest BCUT2D eigenvalue weighted by atomic mass is 10.7. The highest BCUT2D eigenvalue weighted by atomic mass is 16.5. The smallest absolute Gasteiger partial charge is 0.0856 e. The van der Waals surface area contributed by atoms with Gasteiger partial charge in [-0.25, -0.2) is 0 Å². The first-order valence-corrected chi connectivity index (χ1v) is 2.26. The van der Waals surface area contributed by atoms with Crippen molar-refractivity contribution in [1.29, 1.82) is 0 Å². The number of ether oxygens (including phenoxy) is 1. The van der Waals surface area contributed by atoms with Gasteiger partial charge in [-0.1, -0.05) is 11.2 Å². The van der Waals surface area contributed by atoms with Crippen molar-refractivity contribution < 1.29 is 9.94 Å². The molecular weight excluding hydrogens is 106 g/mol. The number of nitrogens with zero attached hydrogens (tertiary/aromatic N) is 1. The zero-order valence-electron chi connectivity index (χ0n) is 4.58. The largest absolute Gasteiger partial charge is 0.411 e. The van der Waals surface area contributed by atoms with Gasteiger partial charge in [-0.3, -0.25) is 0 Å². The number of rotatable bonds is 4. The van der Waals surface area contributed by atoms with E-state index in [1.54, 1.807) is 6.08 Å². The number of hydrogen-bond acceptors (Lipinski definition) is 3. The van der Waals surface area contributed by atoms with Crippen LogP contribution in [0.2, 0.25) is 0 Å². The number of hydrogen-bond donors (Lipinski definition) is 1. The van der Waals surface area contributed by atoms with Gasteiger partial charge in [0.2, 0.25) is 0 Å². The molecule has 8 heavy (non-hydrogen) atoms. The standard InChI is InChI=1S/C5H9NO2/c1-2-4-8-5-3-6-7/h2-3,7H,1,4-5H2/b6-3+. The van der Waals surface area contributed by atoms with E-state index in [1.165, 1.54) is 6.21 Å². The van der Waals surface area contributed by atoms with E-state index in [0.29, 0.717) is 13.2 Å². The average Bonchev–Trinajstić information content (AvgIpc) is 1.81. The van der Waals surface area contributed by atoms with Crippen LogP contribution in [0.3, 0.4) is 0 Å². The summed E-state index contributed by atoms with van der Waals surface area (Å²) in [4.78, 5) is 0. The molecule has 0 saturated carbocycles. The molecule has 3 nitrogen and oxygen atoms in total. The van der Waals surface area contributed by atoms with Crippen molar-refractivity contribution in [1.82, 2.24) is 0 Å². The van der Waals surface area contributed by atoms with Crippen molar-refractivity contribution in [2.24, 2.45) is 5.16 Å². The molecule has 0 spiro atoms. The summed E-state index contributed by atoms with van der Waals surface area (Å²) in [6, 6.07) is 0. The van der Waals surface area contributed by atoms with Crippen LogP contribution in [-0.4, -0.2) is 24.6 Å². The Morgan fingerprint density at radius 3 is 2.88 bits per heavy atom. The zero-order chi connectivity index (χ0) is 6.24. The minimum Gasteiger partial charge on any atom is -0.411 e. The molecule has 0 aromatic carbocycles. The topological polar surface area (TPSA) is 41.8 Å². The summed E-state index contributed by atoms with van der Waals surface area (Å²) >= 11 is 0. The van der Waals surface area contributed by atoms with Crippen molar-refractivity contribution in [3.8, 4) is 0 Å². The van der Waals surface area contributed by atoms with E-state index < -0.39 is 0 Å². The van der Waals surface area contributed by atoms with E-state index in [-0.39, 0.29) is 0 Å². The van der Waals surface area contributed by atoms with Crippen LogP contribution in [0.5, 0.6) is 0 Å². The van der Waals surface area contributed by atoms with Gasteiger partial charge in [0, 0.05) is 0 Å². The molecule has 0 aliphatic carbocycles. The Bertz CT molecular complexity index is 80.5. The maximum Gasteiger partial charge on any atom is 0.0856 e. The molecule has 0 aliphatic heterocycles. The van der Waals surface area contributed by atoms with E-state index in [1.807, 2.05) is 0 Å². The minimum absolute atomic E-state index is 0.336. The average molecular weight is 115 g/mol. The third-order valence-electron chi connectivity index (χ3n) is 0.510. The zero-order valence-corrected chi connectivity index (χ0v) is 4.58. The highest BCUT2D eigenvalue weighted by Gasteiger charge is 1.74. The quantitative estimate of drug-likeness (QED) is 0.192. The van der Waals surface area contributed by atoms with Gasteiger partial charge in [0.25, 0.3) is 0 Å². The fourth-order valence-corrected chi connectivity index (χ4v) is 0.237. The van der Waals surface area contributed by atoms with Crippen LogP contribution in [0.1, 0.15) is 0 Å². The summed E-state index contributed by atoms with van der Waals surface area (Å²) in [6.45, 7) is 4.25. The van der Waals surface area contributed by atoms with Crippen LogP contribution < -0.4 is 0 Å². The molecule has 0 saturated heterocycles. The second-order valence-electron chi connectivity index (χ2n) is 1.12. The van der Waals surface area contributed by atoms with Gasteiger partial charge in [0.05, 0.1) is 19.4 Å². The minimum atomic E-state index is 0.336. The monoisotopic (exact) mass is 115 g/mol. The van der Waals surface area contributed by atoms with Crippen molar-refractivity contribution in [2.45, 2.75) is 0 Å². The van der Waals surface area contributed by atoms with Gasteiger partial charge in [-0.05, 0) is 0 Å². The summed E-state index contributed by atoms with van der Waals surface area (Å²) in [6.07, 6.45) is 2.90. The molecule has 0 fully saturated rings. The Labute approximate surface area is 48.3 Å². The normalized spacial score (nSPS) is 10.0. The third kappa shape index (κ3) is 5.17. The van der Waals surface area contributed by atoms with Gasteiger partial charge in [-0.2, -0.15) is 0 Å². The molecule has 0 heterocycles. The van der Waals surface area contributed by atoms with Gasteiger partial charge >= 0.3 is 0 Å². The summed E-state index contributed by atoms with van der Waals surface area (Å²) in [7, 11) is 0. The van der Waals surface area contributed by atoms with Crippen LogP contribution in [0, 0.1) is 0 Å². The van der Waals surface area contributed by atoms with E-state index in [0.717, 1.165) is 0 Å². The van der Waals surface area contributed by atoms with Crippen LogP contribution in [-0.2, 0) is 4.74 Å². The molecule has 0 atom stereocenters. The molecule has 1 N–H and O–H groups in total.